The molecule has 3 N–H and O–H groups in total. The number of anilines is 1. The molecular formula is C8H7N3O8S. The van der Waals surface area contributed by atoms with E-state index in [1.54, 1.807) is 0 Å². The molecule has 0 amide bonds. The third-order valence-corrected chi connectivity index (χ3v) is 3.07. The molecule has 0 aliphatic heterocycles. The lowest BCUT2D eigenvalue weighted by atomic mass is 10.2. The highest BCUT2D eigenvalue weighted by Gasteiger charge is 2.29. The van der Waals surface area contributed by atoms with Crippen LogP contribution < -0.4 is 5.32 Å². The SMILES string of the molecule is O=C(O)CC(Nc1sc([N+](=O)[O-])cc1[N+](=O)[O-])C(=O)O. The average molecular weight is 305 g/mol. The van der Waals surface area contributed by atoms with Gasteiger partial charge in [-0.15, -0.1) is 0 Å². The standard InChI is InChI=1S/C8H7N3O8S/c12-6(13)1-3(8(14)15)9-7-4(10(16)17)2-5(20-7)11(18)19/h2-3,9H,1H2,(H,12,13)(H,14,15). The number of hydrogen-bond acceptors (Lipinski definition) is 8. The Kier molecular flexibility index (Phi) is 4.53. The lowest BCUT2D eigenvalue weighted by Crippen LogP contribution is -2.31. The van der Waals surface area contributed by atoms with E-state index in [1.807, 2.05) is 0 Å². The van der Waals surface area contributed by atoms with Crippen molar-refractivity contribution >= 4 is 39.0 Å². The van der Waals surface area contributed by atoms with Crippen LogP contribution in [-0.4, -0.2) is 38.0 Å². The van der Waals surface area contributed by atoms with Gasteiger partial charge >= 0.3 is 22.6 Å². The molecule has 1 aromatic rings. The molecule has 11 nitrogen and oxygen atoms in total. The van der Waals surface area contributed by atoms with Crippen molar-refractivity contribution in [1.29, 1.82) is 0 Å². The molecule has 1 atom stereocenters. The van der Waals surface area contributed by atoms with E-state index in [2.05, 4.69) is 5.32 Å². The fourth-order valence-corrected chi connectivity index (χ4v) is 2.12. The van der Waals surface area contributed by atoms with Gasteiger partial charge in [0.25, 0.3) is 0 Å². The van der Waals surface area contributed by atoms with Gasteiger partial charge in [0.05, 0.1) is 16.3 Å². The molecule has 0 fully saturated rings. The van der Waals surface area contributed by atoms with Gasteiger partial charge in [0.2, 0.25) is 0 Å². The van der Waals surface area contributed by atoms with Gasteiger partial charge in [-0.3, -0.25) is 25.0 Å². The Morgan fingerprint density at radius 3 is 2.30 bits per heavy atom. The number of nitro groups is 2. The number of carbonyl (C=O) groups is 2. The first kappa shape index (κ1) is 15.3. The van der Waals surface area contributed by atoms with Crippen molar-refractivity contribution < 1.29 is 29.6 Å². The summed E-state index contributed by atoms with van der Waals surface area (Å²) in [6.45, 7) is 0. The molecule has 20 heavy (non-hydrogen) atoms. The Morgan fingerprint density at radius 2 is 1.90 bits per heavy atom. The van der Waals surface area contributed by atoms with Crippen LogP contribution in [0.1, 0.15) is 6.42 Å². The zero-order valence-corrected chi connectivity index (χ0v) is 10.3. The molecule has 1 aromatic heterocycles. The molecular weight excluding hydrogens is 298 g/mol. The number of aliphatic carboxylic acids is 2. The second kappa shape index (κ2) is 5.92. The molecule has 0 spiro atoms. The number of carboxylic acids is 2. The van der Waals surface area contributed by atoms with Crippen molar-refractivity contribution in [2.75, 3.05) is 5.32 Å². The van der Waals surface area contributed by atoms with Gasteiger partial charge in [-0.2, -0.15) is 0 Å². The number of thiophene rings is 1. The molecule has 0 radical (unpaired) electrons. The summed E-state index contributed by atoms with van der Waals surface area (Å²) in [4.78, 5) is 40.8. The van der Waals surface area contributed by atoms with Crippen LogP contribution in [0, 0.1) is 20.2 Å². The van der Waals surface area contributed by atoms with Crippen LogP contribution in [0.2, 0.25) is 0 Å². The van der Waals surface area contributed by atoms with E-state index in [1.165, 1.54) is 0 Å². The van der Waals surface area contributed by atoms with E-state index < -0.39 is 44.9 Å². The maximum Gasteiger partial charge on any atom is 0.333 e. The predicted octanol–water partition coefficient (Wildman–Crippen LogP) is 0.904. The molecule has 0 aliphatic rings. The highest BCUT2D eigenvalue weighted by Crippen LogP contribution is 2.39. The summed E-state index contributed by atoms with van der Waals surface area (Å²) in [6.07, 6.45) is -0.835. The van der Waals surface area contributed by atoms with Crippen molar-refractivity contribution in [3.8, 4) is 0 Å². The molecule has 12 heteroatoms. The lowest BCUT2D eigenvalue weighted by Gasteiger charge is -2.11. The molecule has 1 rings (SSSR count). The van der Waals surface area contributed by atoms with Crippen molar-refractivity contribution in [2.24, 2.45) is 0 Å². The Labute approximate surface area is 113 Å². The van der Waals surface area contributed by atoms with Gasteiger partial charge in [0, 0.05) is 0 Å². The summed E-state index contributed by atoms with van der Waals surface area (Å²) in [5, 5.41) is 39.8. The first-order chi connectivity index (χ1) is 9.22. The smallest absolute Gasteiger partial charge is 0.333 e. The maximum atomic E-state index is 10.8. The topological polar surface area (TPSA) is 173 Å². The van der Waals surface area contributed by atoms with Gasteiger partial charge < -0.3 is 15.5 Å². The number of rotatable bonds is 7. The molecule has 0 aliphatic carbocycles. The minimum atomic E-state index is -1.63. The van der Waals surface area contributed by atoms with Crippen molar-refractivity contribution in [2.45, 2.75) is 12.5 Å². The normalized spacial score (nSPS) is 11.6. The average Bonchev–Trinajstić information content (AvgIpc) is 2.71. The Morgan fingerprint density at radius 1 is 1.30 bits per heavy atom. The van der Waals surface area contributed by atoms with Gasteiger partial charge in [-0.25, -0.2) is 4.79 Å². The van der Waals surface area contributed by atoms with E-state index in [0.29, 0.717) is 17.4 Å². The van der Waals surface area contributed by atoms with Crippen LogP contribution in [0.5, 0.6) is 0 Å². The van der Waals surface area contributed by atoms with Crippen molar-refractivity contribution in [3.63, 3.8) is 0 Å². The molecule has 1 heterocycles. The van der Waals surface area contributed by atoms with Crippen molar-refractivity contribution in [1.82, 2.24) is 0 Å². The fourth-order valence-electron chi connectivity index (χ4n) is 1.23. The van der Waals surface area contributed by atoms with E-state index in [0.717, 1.165) is 0 Å². The van der Waals surface area contributed by atoms with Gasteiger partial charge in [0.1, 0.15) is 12.1 Å². The molecule has 108 valence electrons. The predicted molar refractivity (Wildman–Crippen MR) is 64.9 cm³/mol. The summed E-state index contributed by atoms with van der Waals surface area (Å²) in [6, 6.07) is -0.961. The summed E-state index contributed by atoms with van der Waals surface area (Å²) in [5.74, 6) is -2.98. The van der Waals surface area contributed by atoms with E-state index in [9.17, 15) is 29.8 Å². The Bertz CT molecular complexity index is 582. The van der Waals surface area contributed by atoms with Crippen LogP contribution in [0.4, 0.5) is 15.7 Å². The first-order valence-corrected chi connectivity index (χ1v) is 5.67. The maximum absolute atomic E-state index is 10.8. The third kappa shape index (κ3) is 3.61. The van der Waals surface area contributed by atoms with Crippen LogP contribution in [0.25, 0.3) is 0 Å². The molecule has 0 saturated heterocycles. The van der Waals surface area contributed by atoms with Crippen LogP contribution in [0.3, 0.4) is 0 Å². The minimum Gasteiger partial charge on any atom is -0.481 e. The minimum absolute atomic E-state index is 0.361. The van der Waals surface area contributed by atoms with Crippen LogP contribution in [0.15, 0.2) is 6.07 Å². The van der Waals surface area contributed by atoms with E-state index in [4.69, 9.17) is 10.2 Å². The van der Waals surface area contributed by atoms with Gasteiger partial charge in [0.15, 0.2) is 5.00 Å². The summed E-state index contributed by atoms with van der Waals surface area (Å²) in [5.41, 5.74) is -0.682. The van der Waals surface area contributed by atoms with Crippen LogP contribution in [-0.2, 0) is 9.59 Å². The first-order valence-electron chi connectivity index (χ1n) is 4.86. The number of carboxylic acid groups (broad SMARTS) is 2. The van der Waals surface area contributed by atoms with Gasteiger partial charge in [-0.05, 0) is 11.3 Å². The Hall–Kier alpha value is -2.76. The zero-order chi connectivity index (χ0) is 15.4. The molecule has 0 saturated carbocycles. The number of nitrogens with zero attached hydrogens (tertiary/aromatic N) is 2. The second-order valence-corrected chi connectivity index (χ2v) is 4.48. The third-order valence-electron chi connectivity index (χ3n) is 2.06. The highest BCUT2D eigenvalue weighted by molar-refractivity contribution is 7.19. The lowest BCUT2D eigenvalue weighted by molar-refractivity contribution is -0.389. The zero-order valence-electron chi connectivity index (χ0n) is 9.51. The molecule has 0 bridgehead atoms. The largest absolute Gasteiger partial charge is 0.481 e. The second-order valence-electron chi connectivity index (χ2n) is 3.45. The fraction of sp³-hybridized carbons (Fsp3) is 0.250. The monoisotopic (exact) mass is 305 g/mol. The number of nitrogens with one attached hydrogen (secondary N) is 1. The highest BCUT2D eigenvalue weighted by atomic mass is 32.1. The summed E-state index contributed by atoms with van der Waals surface area (Å²) < 4.78 is 0. The quantitative estimate of drug-likeness (QED) is 0.488. The molecule has 1 unspecified atom stereocenters. The van der Waals surface area contributed by atoms with Crippen molar-refractivity contribution in [3.05, 3.63) is 26.3 Å². The summed E-state index contributed by atoms with van der Waals surface area (Å²) in [7, 11) is 0. The van der Waals surface area contributed by atoms with Gasteiger partial charge in [-0.1, -0.05) is 0 Å². The van der Waals surface area contributed by atoms with Crippen LogP contribution >= 0.6 is 11.3 Å². The number of hydrogen-bond donors (Lipinski definition) is 3. The summed E-state index contributed by atoms with van der Waals surface area (Å²) >= 11 is 0.361. The molecule has 0 aromatic carbocycles. The van der Waals surface area contributed by atoms with E-state index in [-0.39, 0.29) is 5.00 Å². The Balaban J connectivity index is 3.10. The van der Waals surface area contributed by atoms with E-state index >= 15 is 0 Å².